The molecule has 2 N–H and O–H groups in total. The van der Waals surface area contributed by atoms with Gasteiger partial charge in [-0.1, -0.05) is 6.92 Å². The van der Waals surface area contributed by atoms with Gasteiger partial charge in [-0.15, -0.1) is 0 Å². The fraction of sp³-hybridized carbons (Fsp3) is 0.818. The highest BCUT2D eigenvalue weighted by Crippen LogP contribution is 2.10. The number of rotatable bonds is 6. The molecule has 0 fully saturated rings. The molecular weight excluding hydrogens is 204 g/mol. The van der Waals surface area contributed by atoms with Gasteiger partial charge < -0.3 is 10.4 Å². The summed E-state index contributed by atoms with van der Waals surface area (Å²) in [4.78, 5) is 4.25. The van der Waals surface area contributed by atoms with E-state index < -0.39 is 0 Å². The second-order valence-corrected chi connectivity index (χ2v) is 4.43. The molecule has 0 aromatic carbocycles. The van der Waals surface area contributed by atoms with Gasteiger partial charge in [0.15, 0.2) is 0 Å². The van der Waals surface area contributed by atoms with E-state index in [1.165, 1.54) is 0 Å². The van der Waals surface area contributed by atoms with E-state index in [0.717, 1.165) is 31.2 Å². The van der Waals surface area contributed by atoms with Crippen LogP contribution in [0.4, 0.5) is 0 Å². The fourth-order valence-corrected chi connectivity index (χ4v) is 1.78. The zero-order valence-corrected chi connectivity index (χ0v) is 10.6. The van der Waals surface area contributed by atoms with Gasteiger partial charge in [-0.3, -0.25) is 4.68 Å². The van der Waals surface area contributed by atoms with Gasteiger partial charge in [0, 0.05) is 12.1 Å². The monoisotopic (exact) mass is 226 g/mol. The lowest BCUT2D eigenvalue weighted by Crippen LogP contribution is -2.46. The van der Waals surface area contributed by atoms with Crippen molar-refractivity contribution < 1.29 is 5.11 Å². The van der Waals surface area contributed by atoms with E-state index in [1.807, 2.05) is 32.4 Å². The van der Waals surface area contributed by atoms with Crippen molar-refractivity contribution in [2.75, 3.05) is 13.2 Å². The Kier molecular flexibility index (Phi) is 4.44. The first-order chi connectivity index (χ1) is 7.50. The third kappa shape index (κ3) is 3.28. The van der Waals surface area contributed by atoms with Crippen LogP contribution in [0.2, 0.25) is 0 Å². The number of hydrogen-bond donors (Lipinski definition) is 2. The van der Waals surface area contributed by atoms with E-state index in [-0.39, 0.29) is 12.1 Å². The Morgan fingerprint density at radius 2 is 2.12 bits per heavy atom. The predicted octanol–water partition coefficient (Wildman–Crippen LogP) is 0.646. The summed E-state index contributed by atoms with van der Waals surface area (Å²) >= 11 is 0. The van der Waals surface area contributed by atoms with Crippen LogP contribution in [-0.2, 0) is 6.54 Å². The zero-order chi connectivity index (χ0) is 12.2. The summed E-state index contributed by atoms with van der Waals surface area (Å²) in [5.74, 6) is 1.72. The second kappa shape index (κ2) is 5.41. The normalized spacial score (nSPS) is 15.1. The molecule has 1 rings (SSSR count). The summed E-state index contributed by atoms with van der Waals surface area (Å²) in [5, 5.41) is 17.0. The van der Waals surface area contributed by atoms with Crippen LogP contribution in [0.5, 0.6) is 0 Å². The van der Waals surface area contributed by atoms with Gasteiger partial charge in [-0.05, 0) is 33.7 Å². The topological polar surface area (TPSA) is 63.0 Å². The summed E-state index contributed by atoms with van der Waals surface area (Å²) in [5.41, 5.74) is -0.235. The van der Waals surface area contributed by atoms with Crippen molar-refractivity contribution in [1.29, 1.82) is 0 Å². The highest BCUT2D eigenvalue weighted by molar-refractivity contribution is 4.89. The quantitative estimate of drug-likeness (QED) is 0.747. The van der Waals surface area contributed by atoms with Crippen molar-refractivity contribution >= 4 is 0 Å². The van der Waals surface area contributed by atoms with E-state index in [2.05, 4.69) is 15.4 Å². The molecule has 0 aliphatic heterocycles. The van der Waals surface area contributed by atoms with Gasteiger partial charge in [-0.25, -0.2) is 4.98 Å². The van der Waals surface area contributed by atoms with Crippen molar-refractivity contribution in [2.45, 2.75) is 46.2 Å². The zero-order valence-electron chi connectivity index (χ0n) is 10.6. The smallest absolute Gasteiger partial charge is 0.147 e. The Bertz CT molecular complexity index is 337. The fourth-order valence-electron chi connectivity index (χ4n) is 1.78. The molecule has 0 spiro atoms. The number of hydrogen-bond acceptors (Lipinski definition) is 4. The maximum absolute atomic E-state index is 9.36. The average Bonchev–Trinajstić information content (AvgIpc) is 2.55. The molecule has 0 aliphatic carbocycles. The highest BCUT2D eigenvalue weighted by Gasteiger charge is 2.22. The predicted molar refractivity (Wildman–Crippen MR) is 63.3 cm³/mol. The van der Waals surface area contributed by atoms with E-state index >= 15 is 0 Å². The third-order valence-corrected chi connectivity index (χ3v) is 2.79. The first-order valence-corrected chi connectivity index (χ1v) is 5.74. The maximum Gasteiger partial charge on any atom is 0.147 e. The Morgan fingerprint density at radius 3 is 2.56 bits per heavy atom. The molecule has 1 heterocycles. The summed E-state index contributed by atoms with van der Waals surface area (Å²) < 4.78 is 1.89. The molecule has 1 unspecified atom stereocenters. The van der Waals surface area contributed by atoms with Gasteiger partial charge >= 0.3 is 0 Å². The molecule has 1 aromatic rings. The number of likely N-dealkylation sites (N-methyl/N-ethyl adjacent to an activating group) is 1. The van der Waals surface area contributed by atoms with Gasteiger partial charge in [-0.2, -0.15) is 5.10 Å². The molecule has 5 nitrogen and oxygen atoms in total. The molecule has 1 atom stereocenters. The molecule has 5 heteroatoms. The molecule has 0 bridgehead atoms. The van der Waals surface area contributed by atoms with Crippen molar-refractivity contribution in [2.24, 2.45) is 0 Å². The summed E-state index contributed by atoms with van der Waals surface area (Å²) in [6.07, 6.45) is 0.834. The van der Waals surface area contributed by atoms with Crippen molar-refractivity contribution in [3.63, 3.8) is 0 Å². The Labute approximate surface area is 96.9 Å². The van der Waals surface area contributed by atoms with Crippen LogP contribution in [0.3, 0.4) is 0 Å². The van der Waals surface area contributed by atoms with Crippen molar-refractivity contribution in [3.8, 4) is 0 Å². The lowest BCUT2D eigenvalue weighted by molar-refractivity contribution is 0.161. The number of nitrogens with zero attached hydrogens (tertiary/aromatic N) is 3. The molecular formula is C11H22N4O. The summed E-state index contributed by atoms with van der Waals surface area (Å²) in [6, 6.07) is 0. The molecule has 92 valence electrons. The number of aliphatic hydroxyl groups excluding tert-OH is 1. The molecule has 0 saturated heterocycles. The Morgan fingerprint density at radius 1 is 1.44 bits per heavy atom. The van der Waals surface area contributed by atoms with Crippen LogP contribution in [0.1, 0.15) is 31.9 Å². The minimum Gasteiger partial charge on any atom is -0.394 e. The van der Waals surface area contributed by atoms with Crippen LogP contribution >= 0.6 is 0 Å². The van der Waals surface area contributed by atoms with Gasteiger partial charge in [0.1, 0.15) is 11.6 Å². The summed E-state index contributed by atoms with van der Waals surface area (Å²) in [6.45, 7) is 9.66. The standard InChI is InChI=1S/C11H22N4O/c1-5-12-11(4,8-16)6-7-15-10(3)13-9(2)14-15/h12,16H,5-8H2,1-4H3. The van der Waals surface area contributed by atoms with Gasteiger partial charge in [0.25, 0.3) is 0 Å². The van der Waals surface area contributed by atoms with Crippen LogP contribution in [0.25, 0.3) is 0 Å². The second-order valence-electron chi connectivity index (χ2n) is 4.43. The lowest BCUT2D eigenvalue weighted by atomic mass is 9.99. The van der Waals surface area contributed by atoms with Crippen LogP contribution in [0.15, 0.2) is 0 Å². The molecule has 0 radical (unpaired) electrons. The maximum atomic E-state index is 9.36. The van der Waals surface area contributed by atoms with Crippen molar-refractivity contribution in [3.05, 3.63) is 11.6 Å². The van der Waals surface area contributed by atoms with Gasteiger partial charge in [0.05, 0.1) is 6.61 Å². The number of aryl methyl sites for hydroxylation is 3. The third-order valence-electron chi connectivity index (χ3n) is 2.79. The first kappa shape index (κ1) is 13.1. The van der Waals surface area contributed by atoms with E-state index in [4.69, 9.17) is 0 Å². The first-order valence-electron chi connectivity index (χ1n) is 5.74. The molecule has 1 aromatic heterocycles. The summed E-state index contributed by atoms with van der Waals surface area (Å²) in [7, 11) is 0. The van der Waals surface area contributed by atoms with Crippen LogP contribution in [-0.4, -0.2) is 38.6 Å². The average molecular weight is 226 g/mol. The largest absolute Gasteiger partial charge is 0.394 e. The van der Waals surface area contributed by atoms with Gasteiger partial charge in [0.2, 0.25) is 0 Å². The number of nitrogens with one attached hydrogen (secondary N) is 1. The number of aliphatic hydroxyl groups is 1. The van der Waals surface area contributed by atoms with Crippen LogP contribution < -0.4 is 5.32 Å². The molecule has 0 amide bonds. The lowest BCUT2D eigenvalue weighted by Gasteiger charge is -2.28. The molecule has 16 heavy (non-hydrogen) atoms. The highest BCUT2D eigenvalue weighted by atomic mass is 16.3. The van der Waals surface area contributed by atoms with E-state index in [9.17, 15) is 5.11 Å². The minimum atomic E-state index is -0.235. The van der Waals surface area contributed by atoms with E-state index in [1.54, 1.807) is 0 Å². The Balaban J connectivity index is 2.59. The SMILES string of the molecule is CCNC(C)(CO)CCn1nc(C)nc1C. The minimum absolute atomic E-state index is 0.133. The van der Waals surface area contributed by atoms with Crippen molar-refractivity contribution in [1.82, 2.24) is 20.1 Å². The Hall–Kier alpha value is -0.940. The van der Waals surface area contributed by atoms with Crippen LogP contribution in [0, 0.1) is 13.8 Å². The molecule has 0 saturated carbocycles. The molecule has 0 aliphatic rings. The number of aromatic nitrogens is 3. The van der Waals surface area contributed by atoms with E-state index in [0.29, 0.717) is 0 Å².